The number of nitrogens with zero attached hydrogens (tertiary/aromatic N) is 1. The first-order chi connectivity index (χ1) is 4.50. The molecule has 0 amide bonds. The van der Waals surface area contributed by atoms with Gasteiger partial charge < -0.3 is 4.98 Å². The maximum Gasteiger partial charge on any atom is 0.0919 e. The second-order valence-corrected chi connectivity index (χ2v) is 23.6. The minimum atomic E-state index is -3.29. The summed E-state index contributed by atoms with van der Waals surface area (Å²) in [5.74, 6) is 0. The second kappa shape index (κ2) is 5.85. The Labute approximate surface area is 77.4 Å². The summed E-state index contributed by atoms with van der Waals surface area (Å²) >= 11 is -3.29. The molecule has 1 aromatic heterocycles. The van der Waals surface area contributed by atoms with Gasteiger partial charge in [0.25, 0.3) is 0 Å². The van der Waals surface area contributed by atoms with E-state index in [2.05, 4.69) is 9.97 Å². The number of aromatic amines is 1. The number of hydrogen-bond acceptors (Lipinski definition) is 1. The normalized spacial score (nSPS) is 10.0. The molecule has 0 aliphatic heterocycles. The van der Waals surface area contributed by atoms with Crippen LogP contribution in [-0.4, -0.2) is 9.97 Å². The van der Waals surface area contributed by atoms with Crippen LogP contribution < -0.4 is 0 Å². The van der Waals surface area contributed by atoms with E-state index in [1.165, 1.54) is 0 Å². The maximum absolute atomic E-state index is 5.04. The molecule has 0 aliphatic rings. The van der Waals surface area contributed by atoms with E-state index in [0.717, 1.165) is 0 Å². The minimum absolute atomic E-state index is 1.62. The van der Waals surface area contributed by atoms with Crippen LogP contribution in [0.25, 0.3) is 0 Å². The first-order valence-corrected chi connectivity index (χ1v) is 14.8. The van der Waals surface area contributed by atoms with Gasteiger partial charge in [0, 0.05) is 12.4 Å². The number of H-pyrrole nitrogens is 1. The van der Waals surface area contributed by atoms with Crippen molar-refractivity contribution in [2.75, 3.05) is 0 Å². The Morgan fingerprint density at radius 3 is 1.80 bits per heavy atom. The zero-order chi connectivity index (χ0) is 8.04. The van der Waals surface area contributed by atoms with Gasteiger partial charge in [0.05, 0.1) is 6.33 Å². The van der Waals surface area contributed by atoms with Crippen LogP contribution in [0.3, 0.4) is 0 Å². The standard InChI is InChI=1S/C3H4N2.4ClH.Zr/c1-2-5-3-4-1;;;;;/h1-3H,(H,4,5);4*1H;/q;;;;;+4/p-4. The summed E-state index contributed by atoms with van der Waals surface area (Å²) in [6, 6.07) is 0. The van der Waals surface area contributed by atoms with E-state index in [4.69, 9.17) is 34.1 Å². The van der Waals surface area contributed by atoms with Crippen LogP contribution in [0, 0.1) is 0 Å². The van der Waals surface area contributed by atoms with E-state index in [0.29, 0.717) is 0 Å². The average Bonchev–Trinajstić information content (AvgIpc) is 2.07. The van der Waals surface area contributed by atoms with E-state index in [-0.39, 0.29) is 0 Å². The van der Waals surface area contributed by atoms with Crippen molar-refractivity contribution >= 4 is 34.1 Å². The van der Waals surface area contributed by atoms with Gasteiger partial charge in [-0.2, -0.15) is 0 Å². The van der Waals surface area contributed by atoms with Gasteiger partial charge in [0.2, 0.25) is 0 Å². The molecule has 2 nitrogen and oxygen atoms in total. The minimum Gasteiger partial charge on any atom is -0.351 e. The number of hydrogen-bond donors (Lipinski definition) is 1. The van der Waals surface area contributed by atoms with E-state index in [9.17, 15) is 0 Å². The molecule has 1 N–H and O–H groups in total. The maximum atomic E-state index is 5.04. The third kappa shape index (κ3) is 16.1. The van der Waals surface area contributed by atoms with Gasteiger partial charge in [-0.25, -0.2) is 4.98 Å². The molecule has 0 bridgehead atoms. The SMILES string of the molecule is [Cl][Zr]([Cl])([Cl])[Cl].c1c[nH]cn1. The molecular formula is C3H4Cl4N2Zr. The van der Waals surface area contributed by atoms with Crippen molar-refractivity contribution in [1.29, 1.82) is 0 Å². The zero-order valence-corrected chi connectivity index (χ0v) is 10.2. The van der Waals surface area contributed by atoms with Crippen molar-refractivity contribution in [3.8, 4) is 0 Å². The van der Waals surface area contributed by atoms with Crippen LogP contribution in [0.4, 0.5) is 0 Å². The van der Waals surface area contributed by atoms with Gasteiger partial charge in [-0.15, -0.1) is 0 Å². The van der Waals surface area contributed by atoms with Gasteiger partial charge in [-0.1, -0.05) is 0 Å². The molecule has 1 rings (SSSR count). The summed E-state index contributed by atoms with van der Waals surface area (Å²) in [5.41, 5.74) is 0. The van der Waals surface area contributed by atoms with E-state index in [1.54, 1.807) is 18.7 Å². The van der Waals surface area contributed by atoms with Crippen molar-refractivity contribution in [2.24, 2.45) is 0 Å². The first-order valence-electron chi connectivity index (χ1n) is 2.18. The Morgan fingerprint density at radius 2 is 1.70 bits per heavy atom. The molecule has 1 heterocycles. The summed E-state index contributed by atoms with van der Waals surface area (Å²) in [7, 11) is 20.1. The van der Waals surface area contributed by atoms with Crippen LogP contribution in [0.15, 0.2) is 18.7 Å². The Bertz CT molecular complexity index is 125. The summed E-state index contributed by atoms with van der Waals surface area (Å²) in [4.78, 5) is 6.42. The Hall–Kier alpha value is 1.25. The quantitative estimate of drug-likeness (QED) is 0.783. The topological polar surface area (TPSA) is 28.7 Å². The monoisotopic (exact) mass is 298 g/mol. The summed E-state index contributed by atoms with van der Waals surface area (Å²) < 4.78 is 0. The smallest absolute Gasteiger partial charge is 0.0919 e. The molecule has 0 saturated heterocycles. The molecule has 1 aromatic rings. The predicted molar refractivity (Wildman–Crippen MR) is 42.0 cm³/mol. The second-order valence-electron chi connectivity index (χ2n) is 1.19. The zero-order valence-electron chi connectivity index (χ0n) is 4.69. The Balaban J connectivity index is 0.000000162. The third-order valence-electron chi connectivity index (χ3n) is 0.406. The van der Waals surface area contributed by atoms with Crippen LogP contribution in [0.1, 0.15) is 0 Å². The molecule has 0 saturated carbocycles. The average molecular weight is 301 g/mol. The van der Waals surface area contributed by atoms with Gasteiger partial charge in [-0.3, -0.25) is 0 Å². The molecule has 0 radical (unpaired) electrons. The molecule has 0 atom stereocenters. The summed E-state index contributed by atoms with van der Waals surface area (Å²) in [5, 5.41) is 0. The number of halogens is 4. The van der Waals surface area contributed by atoms with Crippen molar-refractivity contribution in [3.63, 3.8) is 0 Å². The fourth-order valence-electron chi connectivity index (χ4n) is 0.215. The fraction of sp³-hybridized carbons (Fsp3) is 0. The van der Waals surface area contributed by atoms with Gasteiger partial charge in [0.1, 0.15) is 0 Å². The molecule has 0 spiro atoms. The summed E-state index contributed by atoms with van der Waals surface area (Å²) in [6.07, 6.45) is 5.08. The van der Waals surface area contributed by atoms with Crippen molar-refractivity contribution in [2.45, 2.75) is 0 Å². The molecule has 0 fully saturated rings. The molecule has 0 aromatic carbocycles. The molecular weight excluding hydrogens is 297 g/mol. The molecule has 10 heavy (non-hydrogen) atoms. The number of nitrogens with one attached hydrogen (secondary N) is 1. The van der Waals surface area contributed by atoms with E-state index >= 15 is 0 Å². The number of aromatic nitrogens is 2. The molecule has 58 valence electrons. The Kier molecular flexibility index (Phi) is 6.58. The molecule has 7 heteroatoms. The number of imidazole rings is 1. The van der Waals surface area contributed by atoms with Crippen LogP contribution in [0.2, 0.25) is 0 Å². The third-order valence-corrected chi connectivity index (χ3v) is 0.406. The Morgan fingerprint density at radius 1 is 1.20 bits per heavy atom. The van der Waals surface area contributed by atoms with Crippen LogP contribution in [-0.2, 0) is 15.5 Å². The summed E-state index contributed by atoms with van der Waals surface area (Å²) in [6.45, 7) is 0. The van der Waals surface area contributed by atoms with Crippen molar-refractivity contribution in [1.82, 2.24) is 9.97 Å². The van der Waals surface area contributed by atoms with Gasteiger partial charge in [-0.05, 0) is 0 Å². The largest absolute Gasteiger partial charge is 0.351 e. The van der Waals surface area contributed by atoms with Crippen LogP contribution >= 0.6 is 34.1 Å². The fourth-order valence-corrected chi connectivity index (χ4v) is 0.215. The molecule has 0 unspecified atom stereocenters. The van der Waals surface area contributed by atoms with Crippen molar-refractivity contribution < 1.29 is 15.5 Å². The van der Waals surface area contributed by atoms with Crippen LogP contribution in [0.5, 0.6) is 0 Å². The van der Waals surface area contributed by atoms with E-state index in [1.807, 2.05) is 0 Å². The predicted octanol–water partition coefficient (Wildman–Crippen LogP) is 3.17. The van der Waals surface area contributed by atoms with E-state index < -0.39 is 15.5 Å². The first kappa shape index (κ1) is 11.3. The molecule has 0 aliphatic carbocycles. The van der Waals surface area contributed by atoms with Gasteiger partial charge in [0.15, 0.2) is 0 Å². The van der Waals surface area contributed by atoms with Gasteiger partial charge >= 0.3 is 49.5 Å². The number of rotatable bonds is 0. The van der Waals surface area contributed by atoms with Crippen molar-refractivity contribution in [3.05, 3.63) is 18.7 Å².